The lowest BCUT2D eigenvalue weighted by molar-refractivity contribution is -0.160. The van der Waals surface area contributed by atoms with Crippen molar-refractivity contribution in [3.05, 3.63) is 87.9 Å². The van der Waals surface area contributed by atoms with E-state index in [1.54, 1.807) is 55.5 Å². The summed E-state index contributed by atoms with van der Waals surface area (Å²) < 4.78 is 13.1. The third kappa shape index (κ3) is 5.49. The first-order valence-electron chi connectivity index (χ1n) is 14.9. The Labute approximate surface area is 274 Å². The number of carbonyl (C=O) groups excluding carboxylic acids is 4. The Balaban J connectivity index is 1.47. The van der Waals surface area contributed by atoms with Crippen LogP contribution in [-0.2, 0) is 28.7 Å². The monoisotopic (exact) mass is 697 g/mol. The van der Waals surface area contributed by atoms with Crippen LogP contribution in [0.1, 0.15) is 31.4 Å². The number of amides is 3. The Kier molecular flexibility index (Phi) is 8.89. The molecule has 2 aromatic carbocycles. The third-order valence-corrected chi connectivity index (χ3v) is 9.93. The summed E-state index contributed by atoms with van der Waals surface area (Å²) in [6.07, 6.45) is 4.18. The maximum atomic E-state index is 14.8. The molecule has 4 aliphatic heterocycles. The zero-order chi connectivity index (χ0) is 31.9. The van der Waals surface area contributed by atoms with Crippen LogP contribution in [0.4, 0.5) is 5.69 Å². The standard InChI is InChI=1S/C33H33BrClN3O7/c1-19(18-39)38-29-31(42)37(23-13-8-7-12-22(23)35)15-9-3-6-14-25(40)36-17-24(20-10-4-2-5-11-20)44-32(43)26-27(30(38)41)33(29)16-21(34)28(26)45-33/h2-5,7-13,16,19,24,26-29,39H,6,14-15,17-18H2,1H3,(H,36,40)/b9-3-/t19-,24-,26-,27+,28-,29-,33+/m1/s1. The van der Waals surface area contributed by atoms with Crippen molar-refractivity contribution in [2.75, 3.05) is 24.6 Å². The summed E-state index contributed by atoms with van der Waals surface area (Å²) in [5, 5.41) is 13.4. The van der Waals surface area contributed by atoms with Crippen molar-refractivity contribution in [3.8, 4) is 0 Å². The van der Waals surface area contributed by atoms with Gasteiger partial charge in [-0.15, -0.1) is 0 Å². The molecule has 6 rings (SSSR count). The number of hydrogen-bond acceptors (Lipinski definition) is 7. The SMILES string of the molecule is C[C@H](CO)N1C(=O)[C@@H]2[C@H]3C(=O)O[C@@H](c4ccccc4)CNC(=O)CC/C=C\CN(c4ccccc4Cl)C(=O)[C@@H]1[C@]21C=C(Br)[C@H]3O1. The highest BCUT2D eigenvalue weighted by atomic mass is 79.9. The number of cyclic esters (lactones) is 1. The van der Waals surface area contributed by atoms with Gasteiger partial charge < -0.3 is 29.7 Å². The summed E-state index contributed by atoms with van der Waals surface area (Å²) in [6.45, 7) is 1.36. The number of esters is 1. The van der Waals surface area contributed by atoms with E-state index in [4.69, 9.17) is 21.1 Å². The van der Waals surface area contributed by atoms with E-state index in [1.165, 1.54) is 9.80 Å². The van der Waals surface area contributed by atoms with Crippen LogP contribution in [0.2, 0.25) is 5.02 Å². The average molecular weight is 699 g/mol. The number of fused-ring (bicyclic) bond motifs is 2. The first kappa shape index (κ1) is 31.5. The Morgan fingerprint density at radius 3 is 2.53 bits per heavy atom. The van der Waals surface area contributed by atoms with Gasteiger partial charge in [0, 0.05) is 17.4 Å². The molecule has 4 aliphatic rings. The zero-order valence-corrected chi connectivity index (χ0v) is 26.8. The van der Waals surface area contributed by atoms with E-state index < -0.39 is 66.1 Å². The van der Waals surface area contributed by atoms with Gasteiger partial charge in [0.15, 0.2) is 0 Å². The summed E-state index contributed by atoms with van der Waals surface area (Å²) in [7, 11) is 0. The molecule has 2 fully saturated rings. The number of likely N-dealkylation sites (tertiary alicyclic amines) is 1. The van der Waals surface area contributed by atoms with Crippen LogP contribution in [-0.4, -0.2) is 77.2 Å². The lowest BCUT2D eigenvalue weighted by Crippen LogP contribution is -2.58. The number of aliphatic hydroxyl groups is 1. The van der Waals surface area contributed by atoms with E-state index in [1.807, 2.05) is 24.3 Å². The maximum absolute atomic E-state index is 14.8. The van der Waals surface area contributed by atoms with Gasteiger partial charge in [-0.25, -0.2) is 0 Å². The summed E-state index contributed by atoms with van der Waals surface area (Å²) in [5.74, 6) is -4.07. The molecule has 0 aliphatic carbocycles. The number of nitrogens with zero attached hydrogens (tertiary/aromatic N) is 2. The molecule has 2 saturated heterocycles. The fraction of sp³-hybridized carbons (Fsp3) is 0.394. The smallest absolute Gasteiger partial charge is 0.313 e. The van der Waals surface area contributed by atoms with Crippen LogP contribution in [0.3, 0.4) is 0 Å². The Morgan fingerprint density at radius 1 is 1.07 bits per heavy atom. The van der Waals surface area contributed by atoms with Crippen LogP contribution >= 0.6 is 27.5 Å². The molecular weight excluding hydrogens is 666 g/mol. The lowest BCUT2D eigenvalue weighted by Gasteiger charge is -2.38. The van der Waals surface area contributed by atoms with Crippen LogP contribution < -0.4 is 10.2 Å². The van der Waals surface area contributed by atoms with Gasteiger partial charge in [-0.05, 0) is 37.1 Å². The topological polar surface area (TPSA) is 125 Å². The van der Waals surface area contributed by atoms with Crippen molar-refractivity contribution in [2.45, 2.75) is 49.7 Å². The molecular formula is C33H33BrClN3O7. The van der Waals surface area contributed by atoms with E-state index in [0.717, 1.165) is 0 Å². The van der Waals surface area contributed by atoms with Gasteiger partial charge in [-0.2, -0.15) is 0 Å². The zero-order valence-electron chi connectivity index (χ0n) is 24.5. The Bertz CT molecular complexity index is 1570. The summed E-state index contributed by atoms with van der Waals surface area (Å²) >= 11 is 10.1. The fourth-order valence-electron chi connectivity index (χ4n) is 6.81. The molecule has 0 radical (unpaired) electrons. The van der Waals surface area contributed by atoms with Crippen LogP contribution in [0.25, 0.3) is 0 Å². The molecule has 1 spiro atoms. The highest BCUT2D eigenvalue weighted by Crippen LogP contribution is 2.59. The quantitative estimate of drug-likeness (QED) is 0.369. The van der Waals surface area contributed by atoms with Gasteiger partial charge in [0.1, 0.15) is 29.8 Å². The highest BCUT2D eigenvalue weighted by molar-refractivity contribution is 9.11. The Morgan fingerprint density at radius 2 is 1.80 bits per heavy atom. The van der Waals surface area contributed by atoms with Crippen LogP contribution in [0.15, 0.2) is 77.3 Å². The largest absolute Gasteiger partial charge is 0.455 e. The predicted octanol–water partition coefficient (Wildman–Crippen LogP) is 3.68. The fourth-order valence-corrected chi connectivity index (χ4v) is 7.79. The van der Waals surface area contributed by atoms with Gasteiger partial charge in [0.2, 0.25) is 11.8 Å². The van der Waals surface area contributed by atoms with Crippen molar-refractivity contribution >= 4 is 56.9 Å². The van der Waals surface area contributed by atoms with Crippen LogP contribution in [0, 0.1) is 11.8 Å². The summed E-state index contributed by atoms with van der Waals surface area (Å²) in [6, 6.07) is 13.9. The molecule has 2 N–H and O–H groups in total. The molecule has 2 aromatic rings. The van der Waals surface area contributed by atoms with Gasteiger partial charge in [0.05, 0.1) is 35.8 Å². The van der Waals surface area contributed by atoms with Gasteiger partial charge in [-0.3, -0.25) is 19.2 Å². The minimum absolute atomic E-state index is 0.0341. The number of hydrogen-bond donors (Lipinski definition) is 2. The maximum Gasteiger partial charge on any atom is 0.313 e. The molecule has 12 heteroatoms. The molecule has 45 heavy (non-hydrogen) atoms. The second kappa shape index (κ2) is 12.7. The van der Waals surface area contributed by atoms with Crippen molar-refractivity contribution in [1.29, 1.82) is 0 Å². The molecule has 236 valence electrons. The van der Waals surface area contributed by atoms with E-state index in [2.05, 4.69) is 21.2 Å². The number of halogens is 2. The van der Waals surface area contributed by atoms with E-state index in [0.29, 0.717) is 27.2 Å². The summed E-state index contributed by atoms with van der Waals surface area (Å²) in [5.41, 5.74) is -0.419. The first-order valence-corrected chi connectivity index (χ1v) is 16.1. The van der Waals surface area contributed by atoms with Gasteiger partial charge in [0.25, 0.3) is 5.91 Å². The second-order valence-corrected chi connectivity index (χ2v) is 13.0. The molecule has 5 bridgehead atoms. The number of ether oxygens (including phenoxy) is 2. The second-order valence-electron chi connectivity index (χ2n) is 11.7. The van der Waals surface area contributed by atoms with Crippen LogP contribution in [0.5, 0.6) is 0 Å². The van der Waals surface area contributed by atoms with Crippen molar-refractivity contribution in [3.63, 3.8) is 0 Å². The molecule has 0 aromatic heterocycles. The normalized spacial score (nSPS) is 31.7. The molecule has 0 saturated carbocycles. The number of carbonyl (C=O) groups is 4. The molecule has 0 unspecified atom stereocenters. The number of benzene rings is 2. The minimum atomic E-state index is -1.52. The number of anilines is 1. The minimum Gasteiger partial charge on any atom is -0.455 e. The van der Waals surface area contributed by atoms with E-state index in [9.17, 15) is 24.3 Å². The summed E-state index contributed by atoms with van der Waals surface area (Å²) in [4.78, 5) is 58.8. The van der Waals surface area contributed by atoms with Gasteiger partial charge >= 0.3 is 5.97 Å². The highest BCUT2D eigenvalue weighted by Gasteiger charge is 2.75. The number of para-hydroxylation sites is 1. The lowest BCUT2D eigenvalue weighted by atomic mass is 9.74. The predicted molar refractivity (Wildman–Crippen MR) is 169 cm³/mol. The molecule has 7 atom stereocenters. The molecule has 4 heterocycles. The van der Waals surface area contributed by atoms with E-state index >= 15 is 0 Å². The van der Waals surface area contributed by atoms with Crippen molar-refractivity contribution < 1.29 is 33.8 Å². The average Bonchev–Trinajstić information content (AvgIpc) is 3.64. The van der Waals surface area contributed by atoms with Gasteiger partial charge in [-0.1, -0.05) is 82.1 Å². The molecule has 10 nitrogen and oxygen atoms in total. The van der Waals surface area contributed by atoms with Crippen molar-refractivity contribution in [2.24, 2.45) is 11.8 Å². The number of aliphatic hydroxyl groups excluding tert-OH is 1. The first-order chi connectivity index (χ1) is 21.7. The number of rotatable bonds is 4. The number of allylic oxidation sites excluding steroid dienone is 1. The number of nitrogens with one attached hydrogen (secondary N) is 1. The van der Waals surface area contributed by atoms with E-state index in [-0.39, 0.29) is 25.4 Å². The Hall–Kier alpha value is -3.51. The third-order valence-electron chi connectivity index (χ3n) is 8.93. The molecule has 3 amide bonds. The van der Waals surface area contributed by atoms with Crippen molar-refractivity contribution in [1.82, 2.24) is 10.2 Å².